The van der Waals surface area contributed by atoms with Crippen molar-refractivity contribution in [3.8, 4) is 0 Å². The van der Waals surface area contributed by atoms with Crippen molar-refractivity contribution in [2.24, 2.45) is 5.73 Å². The van der Waals surface area contributed by atoms with Crippen molar-refractivity contribution in [3.05, 3.63) is 11.9 Å². The summed E-state index contributed by atoms with van der Waals surface area (Å²) in [6, 6.07) is 0. The molecule has 1 amide bonds. The van der Waals surface area contributed by atoms with Crippen LogP contribution in [0.15, 0.2) is 6.20 Å². The van der Waals surface area contributed by atoms with Crippen LogP contribution in [0.25, 0.3) is 0 Å². The minimum absolute atomic E-state index is 0.0579. The molecule has 6 heteroatoms. The molecule has 0 unspecified atom stereocenters. The summed E-state index contributed by atoms with van der Waals surface area (Å²) in [6.07, 6.45) is 1.02. The Labute approximate surface area is 49.8 Å². The minimum atomic E-state index is -0.713. The van der Waals surface area contributed by atoms with Gasteiger partial charge in [0.05, 0.1) is 6.20 Å². The van der Waals surface area contributed by atoms with E-state index in [1.807, 2.05) is 0 Å². The van der Waals surface area contributed by atoms with Crippen LogP contribution < -0.4 is 5.73 Å². The molecule has 0 saturated heterocycles. The Hall–Kier alpha value is -1.59. The van der Waals surface area contributed by atoms with Crippen LogP contribution in [0.4, 0.5) is 0 Å². The molecular formula is C3H4N4O2. The van der Waals surface area contributed by atoms with E-state index < -0.39 is 5.91 Å². The molecule has 0 atom stereocenters. The third-order valence-corrected chi connectivity index (χ3v) is 0.734. The molecule has 1 rings (SSSR count). The molecule has 1 heterocycles. The largest absolute Gasteiger partial charge is 0.410 e. The van der Waals surface area contributed by atoms with Gasteiger partial charge in [0.1, 0.15) is 0 Å². The highest BCUT2D eigenvalue weighted by Gasteiger charge is 2.03. The number of amides is 1. The lowest BCUT2D eigenvalue weighted by atomic mass is 10.5. The van der Waals surface area contributed by atoms with Crippen LogP contribution in [0.5, 0.6) is 0 Å². The summed E-state index contributed by atoms with van der Waals surface area (Å²) in [5, 5.41) is 14.7. The second kappa shape index (κ2) is 1.73. The quantitative estimate of drug-likeness (QED) is 0.455. The van der Waals surface area contributed by atoms with E-state index in [0.717, 1.165) is 6.20 Å². The summed E-state index contributed by atoms with van der Waals surface area (Å²) in [5.41, 5.74) is 4.70. The fourth-order valence-corrected chi connectivity index (χ4v) is 0.368. The van der Waals surface area contributed by atoms with E-state index >= 15 is 0 Å². The Morgan fingerprint density at radius 1 is 1.89 bits per heavy atom. The maximum atomic E-state index is 10.2. The lowest BCUT2D eigenvalue weighted by Gasteiger charge is -1.78. The van der Waals surface area contributed by atoms with Crippen LogP contribution >= 0.6 is 0 Å². The summed E-state index contributed by atoms with van der Waals surface area (Å²) in [5.74, 6) is -0.713. The highest BCUT2D eigenvalue weighted by Crippen LogP contribution is 1.85. The Kier molecular flexibility index (Phi) is 1.07. The van der Waals surface area contributed by atoms with Gasteiger partial charge in [-0.1, -0.05) is 4.85 Å². The van der Waals surface area contributed by atoms with E-state index in [4.69, 9.17) is 10.9 Å². The van der Waals surface area contributed by atoms with Gasteiger partial charge in [0.15, 0.2) is 5.69 Å². The average Bonchev–Trinajstić information content (AvgIpc) is 2.14. The molecule has 0 radical (unpaired) electrons. The van der Waals surface area contributed by atoms with Crippen LogP contribution in [0.1, 0.15) is 10.5 Å². The molecule has 0 fully saturated rings. The minimum Gasteiger partial charge on any atom is -0.410 e. The zero-order valence-electron chi connectivity index (χ0n) is 4.35. The van der Waals surface area contributed by atoms with Crippen molar-refractivity contribution >= 4 is 5.91 Å². The van der Waals surface area contributed by atoms with Gasteiger partial charge in [-0.05, 0) is 5.21 Å². The zero-order chi connectivity index (χ0) is 6.85. The van der Waals surface area contributed by atoms with Crippen molar-refractivity contribution in [2.45, 2.75) is 0 Å². The molecule has 0 saturated carbocycles. The fraction of sp³-hybridized carbons (Fsp3) is 0. The van der Waals surface area contributed by atoms with E-state index in [2.05, 4.69) is 10.3 Å². The van der Waals surface area contributed by atoms with E-state index in [1.54, 1.807) is 0 Å². The van der Waals surface area contributed by atoms with Gasteiger partial charge >= 0.3 is 0 Å². The third kappa shape index (κ3) is 0.958. The summed E-state index contributed by atoms with van der Waals surface area (Å²) >= 11 is 0. The van der Waals surface area contributed by atoms with E-state index in [-0.39, 0.29) is 5.69 Å². The first kappa shape index (κ1) is 5.54. The molecule has 1 aromatic heterocycles. The van der Waals surface area contributed by atoms with Gasteiger partial charge in [-0.3, -0.25) is 4.79 Å². The SMILES string of the molecule is NC(=O)c1cn(O)nn1. The van der Waals surface area contributed by atoms with E-state index in [9.17, 15) is 4.79 Å². The van der Waals surface area contributed by atoms with Crippen molar-refractivity contribution < 1.29 is 10.0 Å². The molecule has 9 heavy (non-hydrogen) atoms. The standard InChI is InChI=1S/C3H4N4O2/c4-3(8)2-1-7(9)6-5-2/h1,9H,(H2,4,8). The Bertz CT molecular complexity index is 229. The van der Waals surface area contributed by atoms with Gasteiger partial charge in [0.2, 0.25) is 0 Å². The summed E-state index contributed by atoms with van der Waals surface area (Å²) in [7, 11) is 0. The highest BCUT2D eigenvalue weighted by molar-refractivity contribution is 5.90. The maximum Gasteiger partial charge on any atom is 0.271 e. The van der Waals surface area contributed by atoms with Gasteiger partial charge in [0.25, 0.3) is 5.91 Å². The van der Waals surface area contributed by atoms with Gasteiger partial charge in [-0.25, -0.2) is 0 Å². The Morgan fingerprint density at radius 3 is 2.78 bits per heavy atom. The smallest absolute Gasteiger partial charge is 0.271 e. The van der Waals surface area contributed by atoms with Crippen molar-refractivity contribution in [3.63, 3.8) is 0 Å². The molecule has 1 aromatic rings. The number of carbonyl (C=O) groups is 1. The normalized spacial score (nSPS) is 9.33. The Balaban J connectivity index is 2.98. The van der Waals surface area contributed by atoms with Crippen LogP contribution in [0.3, 0.4) is 0 Å². The number of carbonyl (C=O) groups excluding carboxylic acids is 1. The maximum absolute atomic E-state index is 10.2. The molecule has 0 spiro atoms. The second-order valence-corrected chi connectivity index (χ2v) is 1.39. The van der Waals surface area contributed by atoms with Gasteiger partial charge in [-0.15, -0.1) is 5.10 Å². The molecule has 3 N–H and O–H groups in total. The predicted molar refractivity (Wildman–Crippen MR) is 25.7 cm³/mol. The lowest BCUT2D eigenvalue weighted by molar-refractivity contribution is 0.0994. The zero-order valence-corrected chi connectivity index (χ0v) is 4.35. The highest BCUT2D eigenvalue weighted by atomic mass is 16.5. The average molecular weight is 128 g/mol. The lowest BCUT2D eigenvalue weighted by Crippen LogP contribution is -2.11. The van der Waals surface area contributed by atoms with Crippen molar-refractivity contribution in [2.75, 3.05) is 0 Å². The van der Waals surface area contributed by atoms with Gasteiger partial charge in [0, 0.05) is 0 Å². The summed E-state index contributed by atoms with van der Waals surface area (Å²) in [4.78, 5) is 10.6. The first-order valence-electron chi connectivity index (χ1n) is 2.11. The van der Waals surface area contributed by atoms with Crippen LogP contribution in [-0.2, 0) is 0 Å². The molecule has 0 aliphatic heterocycles. The number of nitrogens with two attached hydrogens (primary N) is 1. The molecule has 0 aromatic carbocycles. The molecule has 6 nitrogen and oxygen atoms in total. The first-order valence-corrected chi connectivity index (χ1v) is 2.11. The first-order chi connectivity index (χ1) is 4.20. The van der Waals surface area contributed by atoms with E-state index in [1.165, 1.54) is 0 Å². The third-order valence-electron chi connectivity index (χ3n) is 0.734. The molecule has 48 valence electrons. The van der Waals surface area contributed by atoms with Crippen LogP contribution in [-0.4, -0.2) is 26.3 Å². The topological polar surface area (TPSA) is 94.0 Å². The number of rotatable bonds is 1. The van der Waals surface area contributed by atoms with Crippen LogP contribution in [0.2, 0.25) is 0 Å². The second-order valence-electron chi connectivity index (χ2n) is 1.39. The number of aromatic nitrogens is 3. The molecule has 0 aliphatic carbocycles. The Morgan fingerprint density at radius 2 is 2.56 bits per heavy atom. The number of primary amides is 1. The van der Waals surface area contributed by atoms with Gasteiger partial charge in [-0.2, -0.15) is 0 Å². The predicted octanol–water partition coefficient (Wildman–Crippen LogP) is -1.39. The fourth-order valence-electron chi connectivity index (χ4n) is 0.368. The molecule has 0 aliphatic rings. The van der Waals surface area contributed by atoms with E-state index in [0.29, 0.717) is 4.85 Å². The van der Waals surface area contributed by atoms with Crippen molar-refractivity contribution in [1.82, 2.24) is 15.2 Å². The van der Waals surface area contributed by atoms with Crippen molar-refractivity contribution in [1.29, 1.82) is 0 Å². The van der Waals surface area contributed by atoms with Crippen LogP contribution in [0, 0.1) is 0 Å². The number of hydrogen-bond acceptors (Lipinski definition) is 4. The molecule has 0 bridgehead atoms. The summed E-state index contributed by atoms with van der Waals surface area (Å²) in [6.45, 7) is 0. The number of hydrogen-bond donors (Lipinski definition) is 2. The molecular weight excluding hydrogens is 124 g/mol. The van der Waals surface area contributed by atoms with Gasteiger partial charge < -0.3 is 10.9 Å². The summed E-state index contributed by atoms with van der Waals surface area (Å²) < 4.78 is 0. The monoisotopic (exact) mass is 128 g/mol. The number of nitrogens with zero attached hydrogens (tertiary/aromatic N) is 3.